The van der Waals surface area contributed by atoms with Gasteiger partial charge in [-0.15, -0.1) is 5.10 Å². The summed E-state index contributed by atoms with van der Waals surface area (Å²) in [5, 5.41) is 23.2. The zero-order valence-corrected chi connectivity index (χ0v) is 9.45. The molecule has 7 heteroatoms. The Kier molecular flexibility index (Phi) is 2.12. The van der Waals surface area contributed by atoms with Gasteiger partial charge in [-0.05, 0) is 18.2 Å². The average Bonchev–Trinajstić information content (AvgIpc) is 2.96. The lowest BCUT2D eigenvalue weighted by atomic mass is 10.1. The Morgan fingerprint density at radius 2 is 2.22 bits per heavy atom. The third kappa shape index (κ3) is 1.53. The Hall–Kier alpha value is -2.70. The van der Waals surface area contributed by atoms with E-state index in [4.69, 9.17) is 5.11 Å². The van der Waals surface area contributed by atoms with Crippen LogP contribution >= 0.6 is 0 Å². The molecular formula is C11H9N5O2. The minimum Gasteiger partial charge on any atom is -0.477 e. The van der Waals surface area contributed by atoms with Crippen molar-refractivity contribution in [2.75, 3.05) is 0 Å². The molecule has 0 unspecified atom stereocenters. The molecule has 2 aromatic heterocycles. The van der Waals surface area contributed by atoms with Gasteiger partial charge in [-0.1, -0.05) is 11.3 Å². The summed E-state index contributed by atoms with van der Waals surface area (Å²) in [5.41, 5.74) is 3.11. The summed E-state index contributed by atoms with van der Waals surface area (Å²) in [6.07, 6.45) is 0. The van der Waals surface area contributed by atoms with Gasteiger partial charge in [0.25, 0.3) is 0 Å². The molecule has 0 spiro atoms. The van der Waals surface area contributed by atoms with E-state index >= 15 is 0 Å². The van der Waals surface area contributed by atoms with Gasteiger partial charge in [0.1, 0.15) is 11.2 Å². The van der Waals surface area contributed by atoms with Gasteiger partial charge in [0.2, 0.25) is 0 Å². The highest BCUT2D eigenvalue weighted by molar-refractivity contribution is 5.87. The van der Waals surface area contributed by atoms with Crippen molar-refractivity contribution in [1.29, 1.82) is 0 Å². The number of aryl methyl sites for hydroxylation is 1. The van der Waals surface area contributed by atoms with Gasteiger partial charge >= 0.3 is 5.97 Å². The van der Waals surface area contributed by atoms with E-state index in [1.807, 2.05) is 18.2 Å². The first kappa shape index (κ1) is 10.5. The van der Waals surface area contributed by atoms with E-state index in [0.29, 0.717) is 5.69 Å². The number of hydrogen-bond donors (Lipinski definition) is 2. The summed E-state index contributed by atoms with van der Waals surface area (Å²) in [4.78, 5) is 10.8. The second-order valence-electron chi connectivity index (χ2n) is 3.89. The fraction of sp³-hybridized carbons (Fsp3) is 0.0909. The lowest BCUT2D eigenvalue weighted by Crippen LogP contribution is -1.95. The van der Waals surface area contributed by atoms with Crippen molar-refractivity contribution in [1.82, 2.24) is 25.2 Å². The molecule has 0 saturated carbocycles. The van der Waals surface area contributed by atoms with Crippen molar-refractivity contribution in [2.45, 2.75) is 0 Å². The van der Waals surface area contributed by atoms with Gasteiger partial charge in [-0.2, -0.15) is 5.10 Å². The molecule has 90 valence electrons. The maximum Gasteiger partial charge on any atom is 0.353 e. The zero-order chi connectivity index (χ0) is 12.7. The molecule has 2 N–H and O–H groups in total. The quantitative estimate of drug-likeness (QED) is 0.701. The summed E-state index contributed by atoms with van der Waals surface area (Å²) in [7, 11) is 1.80. The number of carbonyl (C=O) groups is 1. The standard InChI is InChI=1S/C11H9N5O2/c1-16-10-4-6(2-3-7(10)14-15-16)8-5-9(11(17)18)13-12-8/h2-5H,1H3,(H,12,13)(H,17,18). The second kappa shape index (κ2) is 3.66. The van der Waals surface area contributed by atoms with Crippen molar-refractivity contribution in [2.24, 2.45) is 7.05 Å². The summed E-state index contributed by atoms with van der Waals surface area (Å²) < 4.78 is 1.66. The fourth-order valence-electron chi connectivity index (χ4n) is 1.77. The molecule has 0 fully saturated rings. The van der Waals surface area contributed by atoms with Crippen molar-refractivity contribution in [3.63, 3.8) is 0 Å². The van der Waals surface area contributed by atoms with Crippen molar-refractivity contribution >= 4 is 17.0 Å². The number of carboxylic acid groups (broad SMARTS) is 1. The highest BCUT2D eigenvalue weighted by atomic mass is 16.4. The van der Waals surface area contributed by atoms with Crippen molar-refractivity contribution < 1.29 is 9.90 Å². The fourth-order valence-corrected chi connectivity index (χ4v) is 1.77. The number of H-pyrrole nitrogens is 1. The van der Waals surface area contributed by atoms with Gasteiger partial charge < -0.3 is 5.11 Å². The van der Waals surface area contributed by atoms with Crippen molar-refractivity contribution in [3.05, 3.63) is 30.0 Å². The van der Waals surface area contributed by atoms with Crippen LogP contribution in [0.2, 0.25) is 0 Å². The van der Waals surface area contributed by atoms with Crippen LogP contribution in [0.1, 0.15) is 10.5 Å². The zero-order valence-electron chi connectivity index (χ0n) is 9.45. The second-order valence-corrected chi connectivity index (χ2v) is 3.89. The van der Waals surface area contributed by atoms with E-state index in [-0.39, 0.29) is 5.69 Å². The number of aromatic nitrogens is 5. The molecule has 7 nitrogen and oxygen atoms in total. The monoisotopic (exact) mass is 243 g/mol. The van der Waals surface area contributed by atoms with Crippen LogP contribution in [-0.4, -0.2) is 36.3 Å². The minimum absolute atomic E-state index is 0.0632. The predicted molar refractivity (Wildman–Crippen MR) is 63.1 cm³/mol. The van der Waals surface area contributed by atoms with Crippen LogP contribution in [0.25, 0.3) is 22.3 Å². The molecule has 3 aromatic rings. The van der Waals surface area contributed by atoms with Crippen LogP contribution in [-0.2, 0) is 7.05 Å². The van der Waals surface area contributed by atoms with Crippen LogP contribution < -0.4 is 0 Å². The Morgan fingerprint density at radius 3 is 2.94 bits per heavy atom. The Bertz CT molecular complexity index is 743. The van der Waals surface area contributed by atoms with Gasteiger partial charge in [-0.3, -0.25) is 5.10 Å². The first-order chi connectivity index (χ1) is 8.65. The maximum absolute atomic E-state index is 10.8. The van der Waals surface area contributed by atoms with Gasteiger partial charge in [0.05, 0.1) is 11.2 Å². The number of nitrogens with zero attached hydrogens (tertiary/aromatic N) is 4. The number of fused-ring (bicyclic) bond motifs is 1. The Morgan fingerprint density at radius 1 is 1.39 bits per heavy atom. The van der Waals surface area contributed by atoms with E-state index in [9.17, 15) is 4.79 Å². The molecule has 0 amide bonds. The number of nitrogens with one attached hydrogen (secondary N) is 1. The van der Waals surface area contributed by atoms with Gasteiger partial charge in [-0.25, -0.2) is 9.48 Å². The lowest BCUT2D eigenvalue weighted by molar-refractivity contribution is 0.0690. The largest absolute Gasteiger partial charge is 0.477 e. The van der Waals surface area contributed by atoms with Crippen LogP contribution in [0.3, 0.4) is 0 Å². The number of benzene rings is 1. The lowest BCUT2D eigenvalue weighted by Gasteiger charge is -1.97. The molecule has 3 rings (SSSR count). The van der Waals surface area contributed by atoms with Crippen LogP contribution in [0.5, 0.6) is 0 Å². The third-order valence-electron chi connectivity index (χ3n) is 2.71. The van der Waals surface area contributed by atoms with Crippen LogP contribution in [0.4, 0.5) is 0 Å². The van der Waals surface area contributed by atoms with E-state index in [1.54, 1.807) is 11.7 Å². The summed E-state index contributed by atoms with van der Waals surface area (Å²) in [6.45, 7) is 0. The summed E-state index contributed by atoms with van der Waals surface area (Å²) in [5.74, 6) is -1.03. The molecule has 1 aromatic carbocycles. The third-order valence-corrected chi connectivity index (χ3v) is 2.71. The van der Waals surface area contributed by atoms with Crippen LogP contribution in [0.15, 0.2) is 24.3 Å². The van der Waals surface area contributed by atoms with E-state index in [0.717, 1.165) is 16.6 Å². The molecular weight excluding hydrogens is 234 g/mol. The summed E-state index contributed by atoms with van der Waals surface area (Å²) >= 11 is 0. The average molecular weight is 243 g/mol. The molecule has 0 saturated heterocycles. The number of aromatic carboxylic acids is 1. The SMILES string of the molecule is Cn1nnc2ccc(-c3cc(C(=O)O)[nH]n3)cc21. The molecule has 0 bridgehead atoms. The molecule has 0 aliphatic carbocycles. The maximum atomic E-state index is 10.8. The number of aromatic amines is 1. The molecule has 0 aliphatic heterocycles. The molecule has 2 heterocycles. The topological polar surface area (TPSA) is 96.7 Å². The van der Waals surface area contributed by atoms with Crippen LogP contribution in [0, 0.1) is 0 Å². The van der Waals surface area contributed by atoms with E-state index in [1.165, 1.54) is 6.07 Å². The first-order valence-corrected chi connectivity index (χ1v) is 5.23. The highest BCUT2D eigenvalue weighted by Crippen LogP contribution is 2.22. The molecule has 0 aliphatic rings. The number of carboxylic acids is 1. The van der Waals surface area contributed by atoms with Crippen molar-refractivity contribution in [3.8, 4) is 11.3 Å². The number of hydrogen-bond acceptors (Lipinski definition) is 4. The first-order valence-electron chi connectivity index (χ1n) is 5.23. The highest BCUT2D eigenvalue weighted by Gasteiger charge is 2.10. The Labute approximate surface area is 101 Å². The van der Waals surface area contributed by atoms with E-state index in [2.05, 4.69) is 20.5 Å². The predicted octanol–water partition coefficient (Wildman–Crippen LogP) is 1.06. The molecule has 0 radical (unpaired) electrons. The van der Waals surface area contributed by atoms with Gasteiger partial charge in [0, 0.05) is 12.6 Å². The van der Waals surface area contributed by atoms with E-state index < -0.39 is 5.97 Å². The Balaban J connectivity index is 2.12. The number of rotatable bonds is 2. The smallest absolute Gasteiger partial charge is 0.353 e. The molecule has 0 atom stereocenters. The normalized spacial score (nSPS) is 10.9. The minimum atomic E-state index is -1.03. The van der Waals surface area contributed by atoms with Gasteiger partial charge in [0.15, 0.2) is 0 Å². The summed E-state index contributed by atoms with van der Waals surface area (Å²) in [6, 6.07) is 7.02. The molecule has 18 heavy (non-hydrogen) atoms.